The Bertz CT molecular complexity index is 503. The lowest BCUT2D eigenvalue weighted by Crippen LogP contribution is -2.23. The summed E-state index contributed by atoms with van der Waals surface area (Å²) in [7, 11) is 0. The molecule has 1 N–H and O–H groups in total. The summed E-state index contributed by atoms with van der Waals surface area (Å²) in [5.74, 6) is -1.01. The molecule has 0 aliphatic carbocycles. The Morgan fingerprint density at radius 2 is 2.26 bits per heavy atom. The van der Waals surface area contributed by atoms with E-state index in [4.69, 9.17) is 5.11 Å². The largest absolute Gasteiger partial charge is 0.481 e. The molecule has 1 saturated heterocycles. The number of carboxylic acid groups (broad SMARTS) is 1. The number of hydrogen-bond donors (Lipinski definition) is 1. The van der Waals surface area contributed by atoms with Crippen LogP contribution in [0.2, 0.25) is 0 Å². The van der Waals surface area contributed by atoms with Gasteiger partial charge in [-0.25, -0.2) is 0 Å². The van der Waals surface area contributed by atoms with E-state index in [-0.39, 0.29) is 17.5 Å². The first-order chi connectivity index (χ1) is 8.97. The summed E-state index contributed by atoms with van der Waals surface area (Å²) in [6.45, 7) is 3.68. The number of nitrogens with zero attached hydrogens (tertiary/aromatic N) is 2. The molecule has 1 aromatic rings. The average Bonchev–Trinajstić information content (AvgIpc) is 2.70. The summed E-state index contributed by atoms with van der Waals surface area (Å²) in [5.41, 5.74) is 0.909. The van der Waals surface area contributed by atoms with Crippen LogP contribution in [0.1, 0.15) is 12.5 Å². The molecule has 19 heavy (non-hydrogen) atoms. The van der Waals surface area contributed by atoms with Crippen molar-refractivity contribution in [1.82, 2.24) is 4.90 Å². The van der Waals surface area contributed by atoms with E-state index < -0.39 is 10.9 Å². The topological polar surface area (TPSA) is 83.7 Å². The summed E-state index contributed by atoms with van der Waals surface area (Å²) >= 11 is 0. The van der Waals surface area contributed by atoms with Crippen molar-refractivity contribution in [3.63, 3.8) is 0 Å². The van der Waals surface area contributed by atoms with E-state index in [1.165, 1.54) is 6.07 Å². The van der Waals surface area contributed by atoms with Crippen molar-refractivity contribution in [2.24, 2.45) is 11.8 Å². The molecule has 0 bridgehead atoms. The molecule has 0 radical (unpaired) electrons. The summed E-state index contributed by atoms with van der Waals surface area (Å²) in [6.07, 6.45) is 0. The maximum atomic E-state index is 11.0. The number of likely N-dealkylation sites (tertiary alicyclic amines) is 1. The number of nitro benzene ring substituents is 1. The first-order valence-corrected chi connectivity index (χ1v) is 6.16. The van der Waals surface area contributed by atoms with Crippen LogP contribution in [-0.2, 0) is 11.3 Å². The summed E-state index contributed by atoms with van der Waals surface area (Å²) in [5, 5.41) is 19.8. The molecule has 1 heterocycles. The van der Waals surface area contributed by atoms with Gasteiger partial charge in [0, 0.05) is 31.8 Å². The second kappa shape index (κ2) is 5.36. The Morgan fingerprint density at radius 1 is 1.53 bits per heavy atom. The Kier molecular flexibility index (Phi) is 3.80. The number of rotatable bonds is 4. The third kappa shape index (κ3) is 3.08. The highest BCUT2D eigenvalue weighted by molar-refractivity contribution is 5.71. The van der Waals surface area contributed by atoms with E-state index in [0.717, 1.165) is 5.56 Å². The third-order valence-electron chi connectivity index (χ3n) is 3.53. The zero-order valence-corrected chi connectivity index (χ0v) is 10.7. The van der Waals surface area contributed by atoms with Gasteiger partial charge >= 0.3 is 5.97 Å². The third-order valence-corrected chi connectivity index (χ3v) is 3.53. The molecule has 2 unspecified atom stereocenters. The SMILES string of the molecule is CC1CN(Cc2cccc([N+](=O)[O-])c2)CC1C(=O)O. The highest BCUT2D eigenvalue weighted by Crippen LogP contribution is 2.25. The van der Waals surface area contributed by atoms with Gasteiger partial charge < -0.3 is 5.11 Å². The fourth-order valence-corrected chi connectivity index (χ4v) is 2.54. The van der Waals surface area contributed by atoms with E-state index in [0.29, 0.717) is 19.6 Å². The summed E-state index contributed by atoms with van der Waals surface area (Å²) < 4.78 is 0. The van der Waals surface area contributed by atoms with Crippen molar-refractivity contribution in [2.45, 2.75) is 13.5 Å². The minimum Gasteiger partial charge on any atom is -0.481 e. The van der Waals surface area contributed by atoms with Gasteiger partial charge in [0.05, 0.1) is 10.8 Å². The number of hydrogen-bond acceptors (Lipinski definition) is 4. The van der Waals surface area contributed by atoms with Crippen LogP contribution in [0.5, 0.6) is 0 Å². The molecule has 2 rings (SSSR count). The number of nitro groups is 1. The molecule has 1 aromatic carbocycles. The maximum absolute atomic E-state index is 11.0. The van der Waals surface area contributed by atoms with Gasteiger partial charge in [0.2, 0.25) is 0 Å². The molecule has 6 heteroatoms. The number of benzene rings is 1. The van der Waals surface area contributed by atoms with Gasteiger partial charge in [-0.1, -0.05) is 19.1 Å². The highest BCUT2D eigenvalue weighted by atomic mass is 16.6. The van der Waals surface area contributed by atoms with Crippen LogP contribution in [0.25, 0.3) is 0 Å². The lowest BCUT2D eigenvalue weighted by molar-refractivity contribution is -0.384. The smallest absolute Gasteiger partial charge is 0.308 e. The summed E-state index contributed by atoms with van der Waals surface area (Å²) in [6, 6.07) is 6.47. The van der Waals surface area contributed by atoms with Gasteiger partial charge in [-0.05, 0) is 11.5 Å². The molecule has 0 spiro atoms. The van der Waals surface area contributed by atoms with Gasteiger partial charge in [-0.3, -0.25) is 19.8 Å². The normalized spacial score (nSPS) is 23.4. The molecule has 6 nitrogen and oxygen atoms in total. The van der Waals surface area contributed by atoms with E-state index in [2.05, 4.69) is 0 Å². The van der Waals surface area contributed by atoms with Crippen molar-refractivity contribution in [1.29, 1.82) is 0 Å². The number of aliphatic carboxylic acids is 1. The lowest BCUT2D eigenvalue weighted by Gasteiger charge is -2.14. The number of non-ortho nitro benzene ring substituents is 1. The van der Waals surface area contributed by atoms with Gasteiger partial charge in [0.1, 0.15) is 0 Å². The minimum atomic E-state index is -0.769. The fraction of sp³-hybridized carbons (Fsp3) is 0.462. The second-order valence-corrected chi connectivity index (χ2v) is 5.04. The second-order valence-electron chi connectivity index (χ2n) is 5.04. The molecule has 0 aromatic heterocycles. The molecular weight excluding hydrogens is 248 g/mol. The lowest BCUT2D eigenvalue weighted by atomic mass is 9.99. The molecular formula is C13H16N2O4. The van der Waals surface area contributed by atoms with Crippen LogP contribution in [0, 0.1) is 22.0 Å². The van der Waals surface area contributed by atoms with Crippen molar-refractivity contribution >= 4 is 11.7 Å². The molecule has 0 saturated carbocycles. The highest BCUT2D eigenvalue weighted by Gasteiger charge is 2.34. The molecule has 1 aliphatic heterocycles. The predicted molar refractivity (Wildman–Crippen MR) is 68.7 cm³/mol. The first-order valence-electron chi connectivity index (χ1n) is 6.16. The molecule has 102 valence electrons. The summed E-state index contributed by atoms with van der Waals surface area (Å²) in [4.78, 5) is 23.3. The standard InChI is InChI=1S/C13H16N2O4/c1-9-6-14(8-12(9)13(16)17)7-10-3-2-4-11(5-10)15(18)19/h2-5,9,12H,6-8H2,1H3,(H,16,17). The molecule has 0 amide bonds. The quantitative estimate of drug-likeness (QED) is 0.661. The van der Waals surface area contributed by atoms with Gasteiger partial charge in [-0.2, -0.15) is 0 Å². The van der Waals surface area contributed by atoms with Gasteiger partial charge in [0.25, 0.3) is 5.69 Å². The van der Waals surface area contributed by atoms with E-state index in [9.17, 15) is 14.9 Å². The minimum absolute atomic E-state index is 0.0690. The van der Waals surface area contributed by atoms with Crippen LogP contribution in [-0.4, -0.2) is 34.0 Å². The van der Waals surface area contributed by atoms with Gasteiger partial charge in [-0.15, -0.1) is 0 Å². The number of carboxylic acids is 1. The predicted octanol–water partition coefficient (Wildman–Crippen LogP) is 1.75. The van der Waals surface area contributed by atoms with Gasteiger partial charge in [0.15, 0.2) is 0 Å². The van der Waals surface area contributed by atoms with Crippen molar-refractivity contribution in [2.75, 3.05) is 13.1 Å². The monoisotopic (exact) mass is 264 g/mol. The van der Waals surface area contributed by atoms with Crippen LogP contribution in [0.4, 0.5) is 5.69 Å². The van der Waals surface area contributed by atoms with Crippen LogP contribution < -0.4 is 0 Å². The molecule has 1 aliphatic rings. The van der Waals surface area contributed by atoms with Crippen molar-refractivity contribution in [3.8, 4) is 0 Å². The fourth-order valence-electron chi connectivity index (χ4n) is 2.54. The van der Waals surface area contributed by atoms with E-state index in [1.54, 1.807) is 12.1 Å². The average molecular weight is 264 g/mol. The molecule has 1 fully saturated rings. The van der Waals surface area contributed by atoms with E-state index in [1.807, 2.05) is 17.9 Å². The first kappa shape index (κ1) is 13.5. The van der Waals surface area contributed by atoms with E-state index >= 15 is 0 Å². The van der Waals surface area contributed by atoms with Crippen molar-refractivity contribution < 1.29 is 14.8 Å². The maximum Gasteiger partial charge on any atom is 0.308 e. The van der Waals surface area contributed by atoms with Crippen LogP contribution in [0.15, 0.2) is 24.3 Å². The zero-order valence-electron chi connectivity index (χ0n) is 10.7. The van der Waals surface area contributed by atoms with Crippen LogP contribution in [0.3, 0.4) is 0 Å². The Labute approximate surface area is 110 Å². The Morgan fingerprint density at radius 3 is 2.84 bits per heavy atom. The Balaban J connectivity index is 2.04. The Hall–Kier alpha value is -1.95. The zero-order chi connectivity index (χ0) is 14.0. The number of carbonyl (C=O) groups is 1. The van der Waals surface area contributed by atoms with Crippen molar-refractivity contribution in [3.05, 3.63) is 39.9 Å². The van der Waals surface area contributed by atoms with Crippen LogP contribution >= 0.6 is 0 Å². The molecule has 2 atom stereocenters.